The predicted octanol–water partition coefficient (Wildman–Crippen LogP) is 4.78. The lowest BCUT2D eigenvalue weighted by Crippen LogP contribution is -2.20. The Labute approximate surface area is 158 Å². The molecule has 2 heterocycles. The van der Waals surface area contributed by atoms with Gasteiger partial charge in [0.25, 0.3) is 0 Å². The Morgan fingerprint density at radius 2 is 2.00 bits per heavy atom. The molecule has 1 aliphatic rings. The zero-order valence-electron chi connectivity index (χ0n) is 14.8. The molecule has 134 valence electrons. The van der Waals surface area contributed by atoms with E-state index in [2.05, 4.69) is 29.3 Å². The minimum atomic E-state index is -0.0509. The highest BCUT2D eigenvalue weighted by atomic mass is 35.5. The van der Waals surface area contributed by atoms with Gasteiger partial charge in [0.15, 0.2) is 0 Å². The maximum atomic E-state index is 12.4. The number of hydrogen-bond donors (Lipinski definition) is 1. The van der Waals surface area contributed by atoms with Crippen LogP contribution < -0.4 is 10.2 Å². The summed E-state index contributed by atoms with van der Waals surface area (Å²) in [5, 5.41) is 4.72. The SMILES string of the molecule is CC1CCN(c2ccc(NC(=O)Cn3ccc4ccc(Cl)cc43)cc2)C1. The fraction of sp³-hybridized carbons (Fsp3) is 0.286. The minimum Gasteiger partial charge on any atom is -0.371 e. The van der Waals surface area contributed by atoms with Crippen molar-refractivity contribution in [2.45, 2.75) is 19.9 Å². The van der Waals surface area contributed by atoms with Crippen LogP contribution in [0.2, 0.25) is 5.02 Å². The van der Waals surface area contributed by atoms with Crippen molar-refractivity contribution in [3.8, 4) is 0 Å². The largest absolute Gasteiger partial charge is 0.371 e. The van der Waals surface area contributed by atoms with Gasteiger partial charge in [-0.2, -0.15) is 0 Å². The monoisotopic (exact) mass is 367 g/mol. The number of aromatic nitrogens is 1. The Balaban J connectivity index is 1.42. The summed E-state index contributed by atoms with van der Waals surface area (Å²) < 4.78 is 1.91. The lowest BCUT2D eigenvalue weighted by atomic mass is 10.2. The van der Waals surface area contributed by atoms with Crippen molar-refractivity contribution >= 4 is 39.8 Å². The average molecular weight is 368 g/mol. The molecule has 4 rings (SSSR count). The highest BCUT2D eigenvalue weighted by molar-refractivity contribution is 6.31. The van der Waals surface area contributed by atoms with E-state index in [1.807, 2.05) is 47.2 Å². The van der Waals surface area contributed by atoms with Gasteiger partial charge in [0, 0.05) is 41.2 Å². The van der Waals surface area contributed by atoms with E-state index in [9.17, 15) is 4.79 Å². The Morgan fingerprint density at radius 3 is 2.73 bits per heavy atom. The van der Waals surface area contributed by atoms with E-state index in [-0.39, 0.29) is 12.5 Å². The van der Waals surface area contributed by atoms with Crippen LogP contribution in [0.4, 0.5) is 11.4 Å². The molecule has 0 aliphatic carbocycles. The fourth-order valence-electron chi connectivity index (χ4n) is 3.58. The quantitative estimate of drug-likeness (QED) is 0.720. The van der Waals surface area contributed by atoms with Crippen LogP contribution in [0.5, 0.6) is 0 Å². The van der Waals surface area contributed by atoms with E-state index >= 15 is 0 Å². The summed E-state index contributed by atoms with van der Waals surface area (Å²) in [4.78, 5) is 14.8. The van der Waals surface area contributed by atoms with Gasteiger partial charge in [-0.15, -0.1) is 0 Å². The third-order valence-electron chi connectivity index (χ3n) is 4.99. The van der Waals surface area contributed by atoms with Gasteiger partial charge in [0.1, 0.15) is 6.54 Å². The Morgan fingerprint density at radius 1 is 1.19 bits per heavy atom. The Bertz CT molecular complexity index is 932. The third kappa shape index (κ3) is 3.56. The number of nitrogens with one attached hydrogen (secondary N) is 1. The maximum Gasteiger partial charge on any atom is 0.244 e. The van der Waals surface area contributed by atoms with Crippen LogP contribution >= 0.6 is 11.6 Å². The van der Waals surface area contributed by atoms with Gasteiger partial charge in [-0.3, -0.25) is 4.79 Å². The molecule has 0 radical (unpaired) electrons. The summed E-state index contributed by atoms with van der Waals surface area (Å²) in [6, 6.07) is 15.8. The van der Waals surface area contributed by atoms with E-state index in [0.717, 1.165) is 35.6 Å². The molecular formula is C21H22ClN3O. The first-order chi connectivity index (χ1) is 12.6. The zero-order valence-corrected chi connectivity index (χ0v) is 15.5. The first-order valence-corrected chi connectivity index (χ1v) is 9.35. The first-order valence-electron chi connectivity index (χ1n) is 8.98. The Hall–Kier alpha value is -2.46. The van der Waals surface area contributed by atoms with Gasteiger partial charge < -0.3 is 14.8 Å². The van der Waals surface area contributed by atoms with Gasteiger partial charge in [0.2, 0.25) is 5.91 Å². The van der Waals surface area contributed by atoms with Crippen LogP contribution in [0, 0.1) is 5.92 Å². The van der Waals surface area contributed by atoms with Gasteiger partial charge in [-0.05, 0) is 60.2 Å². The fourth-order valence-corrected chi connectivity index (χ4v) is 3.74. The van der Waals surface area contributed by atoms with Crippen molar-refractivity contribution in [3.63, 3.8) is 0 Å². The Kier molecular flexibility index (Phi) is 4.60. The molecule has 1 N–H and O–H groups in total. The summed E-state index contributed by atoms with van der Waals surface area (Å²) in [5.41, 5.74) is 3.00. The van der Waals surface area contributed by atoms with E-state index in [4.69, 9.17) is 11.6 Å². The minimum absolute atomic E-state index is 0.0509. The summed E-state index contributed by atoms with van der Waals surface area (Å²) in [6.07, 6.45) is 3.16. The first kappa shape index (κ1) is 17.0. The number of carbonyl (C=O) groups excluding carboxylic acids is 1. The molecule has 0 bridgehead atoms. The second-order valence-electron chi connectivity index (χ2n) is 7.08. The van der Waals surface area contributed by atoms with E-state index < -0.39 is 0 Å². The number of hydrogen-bond acceptors (Lipinski definition) is 2. The lowest BCUT2D eigenvalue weighted by Gasteiger charge is -2.18. The molecule has 0 saturated carbocycles. The van der Waals surface area contributed by atoms with Crippen molar-refractivity contribution in [1.82, 2.24) is 4.57 Å². The number of fused-ring (bicyclic) bond motifs is 1. The number of anilines is 2. The van der Waals surface area contributed by atoms with Crippen molar-refractivity contribution in [2.24, 2.45) is 5.92 Å². The number of amides is 1. The second-order valence-corrected chi connectivity index (χ2v) is 7.52. The van der Waals surface area contributed by atoms with Gasteiger partial charge in [-0.25, -0.2) is 0 Å². The molecule has 1 aliphatic heterocycles. The zero-order chi connectivity index (χ0) is 18.1. The van der Waals surface area contributed by atoms with Crippen molar-refractivity contribution in [2.75, 3.05) is 23.3 Å². The molecular weight excluding hydrogens is 346 g/mol. The van der Waals surface area contributed by atoms with Gasteiger partial charge in [0.05, 0.1) is 0 Å². The third-order valence-corrected chi connectivity index (χ3v) is 5.23. The smallest absolute Gasteiger partial charge is 0.244 e. The van der Waals surface area contributed by atoms with Gasteiger partial charge in [-0.1, -0.05) is 24.6 Å². The highest BCUT2D eigenvalue weighted by Gasteiger charge is 2.18. The molecule has 1 aromatic heterocycles. The van der Waals surface area contributed by atoms with Crippen LogP contribution in [-0.4, -0.2) is 23.6 Å². The molecule has 0 spiro atoms. The van der Waals surface area contributed by atoms with Crippen LogP contribution in [0.25, 0.3) is 10.9 Å². The molecule has 1 saturated heterocycles. The standard InChI is InChI=1S/C21H22ClN3O/c1-15-8-10-24(13-15)19-6-4-18(5-7-19)23-21(26)14-25-11-9-16-2-3-17(22)12-20(16)25/h2-7,9,11-12,15H,8,10,13-14H2,1H3,(H,23,26). The van der Waals surface area contributed by atoms with Crippen molar-refractivity contribution in [1.29, 1.82) is 0 Å². The molecule has 2 aromatic carbocycles. The van der Waals surface area contributed by atoms with Crippen molar-refractivity contribution < 1.29 is 4.79 Å². The summed E-state index contributed by atoms with van der Waals surface area (Å²) in [6.45, 7) is 4.76. The molecule has 1 amide bonds. The number of nitrogens with zero attached hydrogens (tertiary/aromatic N) is 2. The van der Waals surface area contributed by atoms with Gasteiger partial charge >= 0.3 is 0 Å². The molecule has 26 heavy (non-hydrogen) atoms. The number of benzene rings is 2. The average Bonchev–Trinajstić information content (AvgIpc) is 3.22. The predicted molar refractivity (Wildman–Crippen MR) is 108 cm³/mol. The summed E-state index contributed by atoms with van der Waals surface area (Å²) >= 11 is 6.07. The van der Waals surface area contributed by atoms with E-state index in [1.165, 1.54) is 12.1 Å². The van der Waals surface area contributed by atoms with Crippen molar-refractivity contribution in [3.05, 3.63) is 59.8 Å². The van der Waals surface area contributed by atoms with Crippen LogP contribution in [0.15, 0.2) is 54.7 Å². The lowest BCUT2D eigenvalue weighted by molar-refractivity contribution is -0.116. The molecule has 5 heteroatoms. The molecule has 1 atom stereocenters. The van der Waals surface area contributed by atoms with E-state index in [0.29, 0.717) is 5.02 Å². The number of halogens is 1. The summed E-state index contributed by atoms with van der Waals surface area (Å²) in [7, 11) is 0. The summed E-state index contributed by atoms with van der Waals surface area (Å²) in [5.74, 6) is 0.698. The van der Waals surface area contributed by atoms with Crippen LogP contribution in [-0.2, 0) is 11.3 Å². The number of carbonyl (C=O) groups is 1. The molecule has 3 aromatic rings. The normalized spacial score (nSPS) is 17.0. The second kappa shape index (κ2) is 7.04. The number of rotatable bonds is 4. The molecule has 1 unspecified atom stereocenters. The van der Waals surface area contributed by atoms with Crippen LogP contribution in [0.1, 0.15) is 13.3 Å². The molecule has 1 fully saturated rings. The topological polar surface area (TPSA) is 37.3 Å². The highest BCUT2D eigenvalue weighted by Crippen LogP contribution is 2.25. The maximum absolute atomic E-state index is 12.4. The van der Waals surface area contributed by atoms with Crippen LogP contribution in [0.3, 0.4) is 0 Å². The van der Waals surface area contributed by atoms with E-state index in [1.54, 1.807) is 0 Å². The molecule has 4 nitrogen and oxygen atoms in total.